The van der Waals surface area contributed by atoms with Crippen molar-refractivity contribution in [3.63, 3.8) is 0 Å². The number of hydrogen-bond donors (Lipinski definition) is 3. The number of rotatable bonds is 4. The Balaban J connectivity index is 1.96. The number of nitrogens with one attached hydrogen (secondary N) is 2. The molecule has 0 unspecified atom stereocenters. The molecule has 112 valence electrons. The van der Waals surface area contributed by atoms with Crippen LogP contribution in [0.1, 0.15) is 36.8 Å². The van der Waals surface area contributed by atoms with Crippen molar-refractivity contribution < 1.29 is 14.7 Å². The van der Waals surface area contributed by atoms with E-state index in [1.54, 1.807) is 18.2 Å². The van der Waals surface area contributed by atoms with Crippen LogP contribution >= 0.6 is 0 Å². The molecule has 1 aliphatic rings. The molecule has 0 radical (unpaired) electrons. The van der Waals surface area contributed by atoms with Crippen molar-refractivity contribution in [3.8, 4) is 0 Å². The van der Waals surface area contributed by atoms with Crippen LogP contribution in [0.5, 0.6) is 0 Å². The number of carbonyl (C=O) groups excluding carboxylic acids is 1. The third-order valence-electron chi connectivity index (χ3n) is 3.62. The van der Waals surface area contributed by atoms with Crippen LogP contribution in [0.15, 0.2) is 24.3 Å². The molecule has 1 aromatic rings. The van der Waals surface area contributed by atoms with Gasteiger partial charge in [-0.3, -0.25) is 0 Å². The van der Waals surface area contributed by atoms with Crippen molar-refractivity contribution >= 4 is 23.8 Å². The van der Waals surface area contributed by atoms with E-state index in [0.29, 0.717) is 5.69 Å². The van der Waals surface area contributed by atoms with E-state index < -0.39 is 5.97 Å². The summed E-state index contributed by atoms with van der Waals surface area (Å²) in [7, 11) is 0. The van der Waals surface area contributed by atoms with E-state index in [-0.39, 0.29) is 12.1 Å². The van der Waals surface area contributed by atoms with E-state index in [2.05, 4.69) is 10.6 Å². The van der Waals surface area contributed by atoms with Gasteiger partial charge in [0.25, 0.3) is 0 Å². The summed E-state index contributed by atoms with van der Waals surface area (Å²) in [6, 6.07) is 5.48. The highest BCUT2D eigenvalue weighted by Gasteiger charge is 2.16. The highest BCUT2D eigenvalue weighted by molar-refractivity contribution is 5.90. The normalized spacial score (nSPS) is 15.3. The average Bonchev–Trinajstić information content (AvgIpc) is 2.90. The number of aliphatic carboxylic acids is 1. The van der Waals surface area contributed by atoms with Crippen LogP contribution in [0.4, 0.5) is 10.5 Å². The van der Waals surface area contributed by atoms with E-state index in [1.807, 2.05) is 13.0 Å². The molecule has 0 aromatic heterocycles. The van der Waals surface area contributed by atoms with Crippen LogP contribution in [0, 0.1) is 6.92 Å². The van der Waals surface area contributed by atoms with Crippen molar-refractivity contribution in [1.82, 2.24) is 5.32 Å². The second-order valence-electron chi connectivity index (χ2n) is 5.32. The Morgan fingerprint density at radius 3 is 2.62 bits per heavy atom. The Kier molecular flexibility index (Phi) is 4.98. The Hall–Kier alpha value is -2.30. The second kappa shape index (κ2) is 6.92. The number of urea groups is 1. The smallest absolute Gasteiger partial charge is 0.328 e. The molecule has 0 bridgehead atoms. The van der Waals surface area contributed by atoms with Gasteiger partial charge in [-0.25, -0.2) is 9.59 Å². The Bertz CT molecular complexity index is 561. The molecule has 2 amide bonds. The van der Waals surface area contributed by atoms with Gasteiger partial charge in [0.1, 0.15) is 0 Å². The van der Waals surface area contributed by atoms with E-state index in [4.69, 9.17) is 5.11 Å². The largest absolute Gasteiger partial charge is 0.478 e. The molecule has 5 nitrogen and oxygen atoms in total. The van der Waals surface area contributed by atoms with Gasteiger partial charge in [-0.1, -0.05) is 18.9 Å². The lowest BCUT2D eigenvalue weighted by Gasteiger charge is -2.13. The first-order valence-electron chi connectivity index (χ1n) is 7.14. The van der Waals surface area contributed by atoms with Crippen molar-refractivity contribution in [2.75, 3.05) is 5.32 Å². The van der Waals surface area contributed by atoms with Crippen LogP contribution in [-0.4, -0.2) is 23.1 Å². The Labute approximate surface area is 124 Å². The molecule has 0 aliphatic heterocycles. The zero-order valence-electron chi connectivity index (χ0n) is 12.1. The lowest BCUT2D eigenvalue weighted by atomic mass is 10.1. The summed E-state index contributed by atoms with van der Waals surface area (Å²) < 4.78 is 0. The van der Waals surface area contributed by atoms with Gasteiger partial charge in [-0.2, -0.15) is 0 Å². The van der Waals surface area contributed by atoms with Crippen molar-refractivity contribution in [3.05, 3.63) is 35.4 Å². The number of hydrogen-bond acceptors (Lipinski definition) is 2. The quantitative estimate of drug-likeness (QED) is 0.745. The number of carboxylic acids is 1. The SMILES string of the molecule is Cc1cc(NC(=O)NC2CCCC2)ccc1/C=C/C(=O)O. The molecule has 2 rings (SSSR count). The maximum atomic E-state index is 11.9. The predicted octanol–water partition coefficient (Wildman–Crippen LogP) is 3.16. The molecule has 1 aromatic carbocycles. The van der Waals surface area contributed by atoms with Crippen LogP contribution in [-0.2, 0) is 4.79 Å². The first kappa shape index (κ1) is 15.1. The highest BCUT2D eigenvalue weighted by Crippen LogP contribution is 2.19. The van der Waals surface area contributed by atoms with Gasteiger partial charge in [0, 0.05) is 17.8 Å². The van der Waals surface area contributed by atoms with Gasteiger partial charge in [-0.05, 0) is 49.1 Å². The summed E-state index contributed by atoms with van der Waals surface area (Å²) in [4.78, 5) is 22.4. The molecular formula is C16H20N2O3. The predicted molar refractivity (Wildman–Crippen MR) is 82.3 cm³/mol. The van der Waals surface area contributed by atoms with Crippen LogP contribution in [0.3, 0.4) is 0 Å². The molecule has 3 N–H and O–H groups in total. The summed E-state index contributed by atoms with van der Waals surface area (Å²) in [5, 5.41) is 14.4. The molecule has 0 spiro atoms. The van der Waals surface area contributed by atoms with E-state index >= 15 is 0 Å². The summed E-state index contributed by atoms with van der Waals surface area (Å²) in [5.41, 5.74) is 2.43. The van der Waals surface area contributed by atoms with E-state index in [0.717, 1.165) is 30.0 Å². The summed E-state index contributed by atoms with van der Waals surface area (Å²) in [6.45, 7) is 1.88. The lowest BCUT2D eigenvalue weighted by Crippen LogP contribution is -2.36. The van der Waals surface area contributed by atoms with Gasteiger partial charge in [0.05, 0.1) is 0 Å². The van der Waals surface area contributed by atoms with Crippen LogP contribution in [0.2, 0.25) is 0 Å². The highest BCUT2D eigenvalue weighted by atomic mass is 16.4. The first-order valence-corrected chi connectivity index (χ1v) is 7.14. The van der Waals surface area contributed by atoms with Crippen LogP contribution in [0.25, 0.3) is 6.08 Å². The van der Waals surface area contributed by atoms with E-state index in [9.17, 15) is 9.59 Å². The van der Waals surface area contributed by atoms with Crippen LogP contribution < -0.4 is 10.6 Å². The zero-order chi connectivity index (χ0) is 15.2. The fourth-order valence-electron chi connectivity index (χ4n) is 2.52. The minimum Gasteiger partial charge on any atom is -0.478 e. The number of carbonyl (C=O) groups is 2. The molecule has 1 fully saturated rings. The minimum absolute atomic E-state index is 0.185. The molecule has 21 heavy (non-hydrogen) atoms. The Morgan fingerprint density at radius 2 is 2.00 bits per heavy atom. The molecule has 0 atom stereocenters. The number of carboxylic acid groups (broad SMARTS) is 1. The van der Waals surface area contributed by atoms with Gasteiger partial charge in [0.2, 0.25) is 0 Å². The maximum Gasteiger partial charge on any atom is 0.328 e. The maximum absolute atomic E-state index is 11.9. The van der Waals surface area contributed by atoms with Gasteiger partial charge in [-0.15, -0.1) is 0 Å². The molecule has 1 saturated carbocycles. The van der Waals surface area contributed by atoms with Gasteiger partial charge in [0.15, 0.2) is 0 Å². The monoisotopic (exact) mass is 288 g/mol. The number of benzene rings is 1. The summed E-state index contributed by atoms with van der Waals surface area (Å²) in [5.74, 6) is -0.979. The average molecular weight is 288 g/mol. The number of amides is 2. The van der Waals surface area contributed by atoms with Crippen molar-refractivity contribution in [1.29, 1.82) is 0 Å². The Morgan fingerprint density at radius 1 is 1.29 bits per heavy atom. The minimum atomic E-state index is -0.979. The molecule has 1 aliphatic carbocycles. The van der Waals surface area contributed by atoms with Gasteiger partial charge >= 0.3 is 12.0 Å². The van der Waals surface area contributed by atoms with Crippen molar-refractivity contribution in [2.45, 2.75) is 38.6 Å². The molecule has 5 heteroatoms. The van der Waals surface area contributed by atoms with Gasteiger partial charge < -0.3 is 15.7 Å². The third-order valence-corrected chi connectivity index (χ3v) is 3.62. The number of aryl methyl sites for hydroxylation is 1. The molecule has 0 saturated heterocycles. The summed E-state index contributed by atoms with van der Waals surface area (Å²) >= 11 is 0. The second-order valence-corrected chi connectivity index (χ2v) is 5.32. The fraction of sp³-hybridized carbons (Fsp3) is 0.375. The standard InChI is InChI=1S/C16H20N2O3/c1-11-10-14(8-6-12(11)7-9-15(19)20)18-16(21)17-13-4-2-3-5-13/h6-10,13H,2-5H2,1H3,(H,19,20)(H2,17,18,21)/b9-7+. The number of anilines is 1. The first-order chi connectivity index (χ1) is 10.0. The summed E-state index contributed by atoms with van der Waals surface area (Å²) in [6.07, 6.45) is 7.09. The zero-order valence-corrected chi connectivity index (χ0v) is 12.1. The third kappa shape index (κ3) is 4.63. The van der Waals surface area contributed by atoms with Crippen molar-refractivity contribution in [2.24, 2.45) is 0 Å². The fourth-order valence-corrected chi connectivity index (χ4v) is 2.52. The van der Waals surface area contributed by atoms with E-state index in [1.165, 1.54) is 12.8 Å². The molecule has 0 heterocycles. The lowest BCUT2D eigenvalue weighted by molar-refractivity contribution is -0.131. The topological polar surface area (TPSA) is 78.4 Å². The molecular weight excluding hydrogens is 268 g/mol.